The van der Waals surface area contributed by atoms with Gasteiger partial charge in [-0.15, -0.1) is 0 Å². The van der Waals surface area contributed by atoms with Gasteiger partial charge in [-0.3, -0.25) is 4.79 Å². The standard InChI is InChI=1S/C12H13F2NO3/c1-17-12(16)9-5-7(6-15-9)18-10-4-2-3-8(13)11(10)14/h2-4,7,9,15H,5-6H2,1H3/t7-,9-/m0/s1. The van der Waals surface area contributed by atoms with Crippen LogP contribution in [0.5, 0.6) is 5.75 Å². The summed E-state index contributed by atoms with van der Waals surface area (Å²) in [5.41, 5.74) is 0. The van der Waals surface area contributed by atoms with Gasteiger partial charge in [-0.25, -0.2) is 4.39 Å². The molecule has 0 aliphatic carbocycles. The summed E-state index contributed by atoms with van der Waals surface area (Å²) in [6.45, 7) is 0.385. The van der Waals surface area contributed by atoms with Gasteiger partial charge in [0.05, 0.1) is 7.11 Å². The first-order chi connectivity index (χ1) is 8.61. The van der Waals surface area contributed by atoms with E-state index in [-0.39, 0.29) is 17.8 Å². The van der Waals surface area contributed by atoms with Gasteiger partial charge in [-0.2, -0.15) is 4.39 Å². The number of esters is 1. The number of nitrogens with one attached hydrogen (secondary N) is 1. The van der Waals surface area contributed by atoms with E-state index < -0.39 is 17.7 Å². The van der Waals surface area contributed by atoms with Gasteiger partial charge in [0.2, 0.25) is 5.82 Å². The molecule has 0 radical (unpaired) electrons. The Morgan fingerprint density at radius 2 is 2.22 bits per heavy atom. The van der Waals surface area contributed by atoms with Crippen LogP contribution in [0.4, 0.5) is 8.78 Å². The smallest absolute Gasteiger partial charge is 0.323 e. The van der Waals surface area contributed by atoms with Crippen LogP contribution in [0, 0.1) is 11.6 Å². The second kappa shape index (κ2) is 5.30. The molecule has 6 heteroatoms. The minimum absolute atomic E-state index is 0.146. The zero-order valence-electron chi connectivity index (χ0n) is 9.78. The van der Waals surface area contributed by atoms with Crippen molar-refractivity contribution < 1.29 is 23.0 Å². The van der Waals surface area contributed by atoms with Gasteiger partial charge in [0.1, 0.15) is 12.1 Å². The number of carbonyl (C=O) groups is 1. The Morgan fingerprint density at radius 3 is 2.94 bits per heavy atom. The molecule has 0 spiro atoms. The predicted octanol–water partition coefficient (Wildman–Crippen LogP) is 1.25. The molecule has 2 atom stereocenters. The Balaban J connectivity index is 1.99. The fourth-order valence-corrected chi connectivity index (χ4v) is 1.87. The number of carbonyl (C=O) groups excluding carboxylic acids is 1. The van der Waals surface area contributed by atoms with Crippen LogP contribution in [-0.2, 0) is 9.53 Å². The molecule has 1 N–H and O–H groups in total. The summed E-state index contributed by atoms with van der Waals surface area (Å²) in [7, 11) is 1.30. The lowest BCUT2D eigenvalue weighted by atomic mass is 10.2. The van der Waals surface area contributed by atoms with Gasteiger partial charge in [-0.1, -0.05) is 6.07 Å². The number of ether oxygens (including phenoxy) is 2. The van der Waals surface area contributed by atoms with E-state index in [4.69, 9.17) is 4.74 Å². The molecule has 2 rings (SSSR count). The fourth-order valence-electron chi connectivity index (χ4n) is 1.87. The summed E-state index contributed by atoms with van der Waals surface area (Å²) < 4.78 is 36.2. The van der Waals surface area contributed by atoms with E-state index in [0.717, 1.165) is 6.07 Å². The van der Waals surface area contributed by atoms with Crippen molar-refractivity contribution in [1.82, 2.24) is 5.32 Å². The van der Waals surface area contributed by atoms with Crippen LogP contribution in [0.1, 0.15) is 6.42 Å². The van der Waals surface area contributed by atoms with Crippen molar-refractivity contribution in [3.05, 3.63) is 29.8 Å². The third-order valence-corrected chi connectivity index (χ3v) is 2.79. The number of rotatable bonds is 3. The molecule has 1 saturated heterocycles. The van der Waals surface area contributed by atoms with Gasteiger partial charge in [0, 0.05) is 13.0 Å². The van der Waals surface area contributed by atoms with Crippen LogP contribution in [0.25, 0.3) is 0 Å². The molecule has 0 bridgehead atoms. The number of methoxy groups -OCH3 is 1. The molecule has 1 heterocycles. The molecule has 18 heavy (non-hydrogen) atoms. The molecule has 1 aromatic carbocycles. The molecule has 0 unspecified atom stereocenters. The average molecular weight is 257 g/mol. The summed E-state index contributed by atoms with van der Waals surface area (Å²) in [5.74, 6) is -2.50. The van der Waals surface area contributed by atoms with E-state index in [1.54, 1.807) is 0 Å². The van der Waals surface area contributed by atoms with Gasteiger partial charge in [0.15, 0.2) is 11.6 Å². The molecule has 0 aromatic heterocycles. The molecule has 1 aliphatic rings. The van der Waals surface area contributed by atoms with Crippen LogP contribution in [0.15, 0.2) is 18.2 Å². The summed E-state index contributed by atoms with van der Waals surface area (Å²) in [4.78, 5) is 11.3. The monoisotopic (exact) mass is 257 g/mol. The maximum Gasteiger partial charge on any atom is 0.323 e. The number of hydrogen-bond acceptors (Lipinski definition) is 4. The van der Waals surface area contributed by atoms with Crippen LogP contribution in [0.2, 0.25) is 0 Å². The van der Waals surface area contributed by atoms with Crippen molar-refractivity contribution in [3.8, 4) is 5.75 Å². The molecule has 0 saturated carbocycles. The lowest BCUT2D eigenvalue weighted by Gasteiger charge is -2.13. The van der Waals surface area contributed by atoms with E-state index >= 15 is 0 Å². The van der Waals surface area contributed by atoms with Crippen molar-refractivity contribution >= 4 is 5.97 Å². The third-order valence-electron chi connectivity index (χ3n) is 2.79. The van der Waals surface area contributed by atoms with Crippen molar-refractivity contribution in [2.24, 2.45) is 0 Å². The Labute approximate surface area is 103 Å². The highest BCUT2D eigenvalue weighted by Gasteiger charge is 2.31. The zero-order valence-corrected chi connectivity index (χ0v) is 9.78. The molecule has 4 nitrogen and oxygen atoms in total. The Kier molecular flexibility index (Phi) is 3.76. The third kappa shape index (κ3) is 2.59. The lowest BCUT2D eigenvalue weighted by molar-refractivity contribution is -0.142. The number of halogens is 2. The van der Waals surface area contributed by atoms with E-state index in [1.807, 2.05) is 0 Å². The van der Waals surface area contributed by atoms with Crippen LogP contribution < -0.4 is 10.1 Å². The van der Waals surface area contributed by atoms with E-state index in [0.29, 0.717) is 13.0 Å². The lowest BCUT2D eigenvalue weighted by Crippen LogP contribution is -2.31. The van der Waals surface area contributed by atoms with Gasteiger partial charge in [-0.05, 0) is 12.1 Å². The van der Waals surface area contributed by atoms with Gasteiger partial charge >= 0.3 is 5.97 Å². The van der Waals surface area contributed by atoms with E-state index in [2.05, 4.69) is 10.1 Å². The minimum Gasteiger partial charge on any atom is -0.486 e. The van der Waals surface area contributed by atoms with Gasteiger partial charge < -0.3 is 14.8 Å². The molecular weight excluding hydrogens is 244 g/mol. The number of hydrogen-bond donors (Lipinski definition) is 1. The summed E-state index contributed by atoms with van der Waals surface area (Å²) in [5, 5.41) is 2.90. The van der Waals surface area contributed by atoms with Crippen molar-refractivity contribution in [2.75, 3.05) is 13.7 Å². The summed E-state index contributed by atoms with van der Waals surface area (Å²) in [6, 6.07) is 3.28. The van der Waals surface area contributed by atoms with E-state index in [9.17, 15) is 13.6 Å². The second-order valence-electron chi connectivity index (χ2n) is 4.01. The molecular formula is C12H13F2NO3. The highest BCUT2D eigenvalue weighted by Crippen LogP contribution is 2.23. The molecule has 1 aliphatic heterocycles. The molecule has 0 amide bonds. The first-order valence-electron chi connectivity index (χ1n) is 5.53. The van der Waals surface area contributed by atoms with Gasteiger partial charge in [0.25, 0.3) is 0 Å². The van der Waals surface area contributed by atoms with Crippen LogP contribution in [-0.4, -0.2) is 31.8 Å². The van der Waals surface area contributed by atoms with Crippen molar-refractivity contribution in [3.63, 3.8) is 0 Å². The first kappa shape index (κ1) is 12.8. The average Bonchev–Trinajstić information content (AvgIpc) is 2.82. The van der Waals surface area contributed by atoms with E-state index in [1.165, 1.54) is 19.2 Å². The topological polar surface area (TPSA) is 47.6 Å². The highest BCUT2D eigenvalue weighted by atomic mass is 19.2. The normalized spacial score (nSPS) is 22.8. The molecule has 1 aromatic rings. The van der Waals surface area contributed by atoms with Crippen molar-refractivity contribution in [2.45, 2.75) is 18.6 Å². The number of benzene rings is 1. The Bertz CT molecular complexity index is 453. The Hall–Kier alpha value is -1.69. The summed E-state index contributed by atoms with van der Waals surface area (Å²) >= 11 is 0. The second-order valence-corrected chi connectivity index (χ2v) is 4.01. The van der Waals surface area contributed by atoms with Crippen molar-refractivity contribution in [1.29, 1.82) is 0 Å². The van der Waals surface area contributed by atoms with Crippen LogP contribution >= 0.6 is 0 Å². The predicted molar refractivity (Wildman–Crippen MR) is 59.2 cm³/mol. The minimum atomic E-state index is -1.01. The summed E-state index contributed by atoms with van der Waals surface area (Å²) in [6.07, 6.45) is -0.0202. The van der Waals surface area contributed by atoms with Crippen LogP contribution in [0.3, 0.4) is 0 Å². The highest BCUT2D eigenvalue weighted by molar-refractivity contribution is 5.76. The fraction of sp³-hybridized carbons (Fsp3) is 0.417. The molecule has 98 valence electrons. The zero-order chi connectivity index (χ0) is 13.1. The first-order valence-corrected chi connectivity index (χ1v) is 5.53. The quantitative estimate of drug-likeness (QED) is 0.828. The SMILES string of the molecule is COC(=O)[C@@H]1C[C@H](Oc2cccc(F)c2F)CN1. The maximum absolute atomic E-state index is 13.4. The maximum atomic E-state index is 13.4. The Morgan fingerprint density at radius 1 is 1.44 bits per heavy atom. The molecule has 1 fully saturated rings. The largest absolute Gasteiger partial charge is 0.486 e.